The van der Waals surface area contributed by atoms with E-state index in [9.17, 15) is 19.7 Å². The number of amides is 1. The maximum Gasteiger partial charge on any atom is 0.359 e. The minimum atomic E-state index is -0.785. The van der Waals surface area contributed by atoms with Gasteiger partial charge in [0.05, 0.1) is 21.7 Å². The molecule has 1 heterocycles. The number of hydrogen-bond acceptors (Lipinski definition) is 7. The van der Waals surface area contributed by atoms with Gasteiger partial charge >= 0.3 is 5.97 Å². The summed E-state index contributed by atoms with van der Waals surface area (Å²) in [5.74, 6) is -1.49. The number of esters is 1. The zero-order valence-electron chi connectivity index (χ0n) is 13.6. The lowest BCUT2D eigenvalue weighted by molar-refractivity contribution is -0.384. The van der Waals surface area contributed by atoms with Gasteiger partial charge in [0.1, 0.15) is 6.07 Å². The van der Waals surface area contributed by atoms with Crippen LogP contribution < -0.4 is 5.32 Å². The summed E-state index contributed by atoms with van der Waals surface area (Å²) in [6, 6.07) is 12.1. The molecule has 3 aromatic rings. The van der Waals surface area contributed by atoms with Crippen molar-refractivity contribution in [3.63, 3.8) is 0 Å². The molecule has 0 bridgehead atoms. The Morgan fingerprint density at radius 2 is 2.07 bits per heavy atom. The lowest BCUT2D eigenvalue weighted by atomic mass is 10.1. The first-order chi connectivity index (χ1) is 13.0. The molecule has 0 saturated heterocycles. The molecule has 0 saturated carbocycles. The van der Waals surface area contributed by atoms with Crippen LogP contribution in [0.4, 0.5) is 11.4 Å². The maximum atomic E-state index is 12.1. The predicted molar refractivity (Wildman–Crippen MR) is 92.8 cm³/mol. The molecule has 0 spiro atoms. The first-order valence-electron chi connectivity index (χ1n) is 7.58. The molecule has 1 aromatic heterocycles. The third-order valence-electron chi connectivity index (χ3n) is 3.61. The minimum Gasteiger partial charge on any atom is -0.451 e. The average molecular weight is 365 g/mol. The van der Waals surface area contributed by atoms with Crippen molar-refractivity contribution < 1.29 is 19.2 Å². The van der Waals surface area contributed by atoms with Crippen molar-refractivity contribution in [1.82, 2.24) is 10.2 Å². The summed E-state index contributed by atoms with van der Waals surface area (Å²) >= 11 is 0. The van der Waals surface area contributed by atoms with Crippen LogP contribution in [-0.2, 0) is 9.53 Å². The number of benzene rings is 2. The quantitative estimate of drug-likeness (QED) is 0.399. The summed E-state index contributed by atoms with van der Waals surface area (Å²) in [5, 5.41) is 29.3. The number of fused-ring (bicyclic) bond motifs is 1. The van der Waals surface area contributed by atoms with E-state index < -0.39 is 23.4 Å². The number of anilines is 1. The Morgan fingerprint density at radius 1 is 1.30 bits per heavy atom. The first kappa shape index (κ1) is 17.6. The molecule has 0 aliphatic rings. The number of non-ortho nitro benzene ring substituents is 1. The Morgan fingerprint density at radius 3 is 2.81 bits per heavy atom. The number of rotatable bonds is 5. The van der Waals surface area contributed by atoms with Gasteiger partial charge in [-0.1, -0.05) is 18.2 Å². The largest absolute Gasteiger partial charge is 0.451 e. The highest BCUT2D eigenvalue weighted by atomic mass is 16.6. The number of hydrogen-bond donors (Lipinski definition) is 2. The van der Waals surface area contributed by atoms with Crippen molar-refractivity contribution in [2.24, 2.45) is 0 Å². The molecule has 134 valence electrons. The SMILES string of the molecule is N#Cc1cc([N+](=O)[O-])ccc1NC(=O)COC(=O)c1n[nH]c2ccccc12. The van der Waals surface area contributed by atoms with E-state index in [0.29, 0.717) is 10.9 Å². The summed E-state index contributed by atoms with van der Waals surface area (Å²) in [7, 11) is 0. The molecular weight excluding hydrogens is 354 g/mol. The van der Waals surface area contributed by atoms with Crippen molar-refractivity contribution >= 4 is 34.2 Å². The number of nitrogens with one attached hydrogen (secondary N) is 2. The van der Waals surface area contributed by atoms with Gasteiger partial charge in [0.15, 0.2) is 12.3 Å². The van der Waals surface area contributed by atoms with Gasteiger partial charge in [0.2, 0.25) is 0 Å². The number of para-hydroxylation sites is 1. The summed E-state index contributed by atoms with van der Waals surface area (Å²) < 4.78 is 4.94. The van der Waals surface area contributed by atoms with Crippen molar-refractivity contribution in [2.45, 2.75) is 0 Å². The number of nitrogens with zero attached hydrogens (tertiary/aromatic N) is 3. The summed E-state index contributed by atoms with van der Waals surface area (Å²) in [5.41, 5.74) is 0.419. The molecule has 2 aromatic carbocycles. The van der Waals surface area contributed by atoms with Gasteiger partial charge in [-0.25, -0.2) is 4.79 Å². The molecule has 10 nitrogen and oxygen atoms in total. The molecule has 0 aliphatic heterocycles. The van der Waals surface area contributed by atoms with Crippen molar-refractivity contribution in [1.29, 1.82) is 5.26 Å². The average Bonchev–Trinajstić information content (AvgIpc) is 3.10. The van der Waals surface area contributed by atoms with Crippen LogP contribution in [0.3, 0.4) is 0 Å². The fourth-order valence-electron chi connectivity index (χ4n) is 2.35. The maximum absolute atomic E-state index is 12.1. The molecule has 3 rings (SSSR count). The highest BCUT2D eigenvalue weighted by molar-refractivity contribution is 6.03. The topological polar surface area (TPSA) is 151 Å². The summed E-state index contributed by atoms with van der Waals surface area (Å²) in [6.07, 6.45) is 0. The van der Waals surface area contributed by atoms with Gasteiger partial charge in [0, 0.05) is 17.5 Å². The third-order valence-corrected chi connectivity index (χ3v) is 3.61. The van der Waals surface area contributed by atoms with Crippen LogP contribution in [0.25, 0.3) is 10.9 Å². The number of carbonyl (C=O) groups excluding carboxylic acids is 2. The van der Waals surface area contributed by atoms with Gasteiger partial charge in [-0.05, 0) is 12.1 Å². The van der Waals surface area contributed by atoms with E-state index in [1.165, 1.54) is 6.07 Å². The van der Waals surface area contributed by atoms with Gasteiger partial charge in [0.25, 0.3) is 11.6 Å². The fraction of sp³-hybridized carbons (Fsp3) is 0.0588. The number of aromatic nitrogens is 2. The molecule has 0 unspecified atom stereocenters. The zero-order valence-corrected chi connectivity index (χ0v) is 13.6. The van der Waals surface area contributed by atoms with Gasteiger partial charge in [-0.15, -0.1) is 0 Å². The van der Waals surface area contributed by atoms with Crippen LogP contribution in [0.2, 0.25) is 0 Å². The first-order valence-corrected chi connectivity index (χ1v) is 7.58. The molecule has 0 aliphatic carbocycles. The number of ether oxygens (including phenoxy) is 1. The van der Waals surface area contributed by atoms with E-state index in [-0.39, 0.29) is 22.6 Å². The van der Waals surface area contributed by atoms with Crippen LogP contribution >= 0.6 is 0 Å². The third kappa shape index (κ3) is 3.72. The second-order valence-corrected chi connectivity index (χ2v) is 5.34. The number of H-pyrrole nitrogens is 1. The number of nitro groups is 1. The van der Waals surface area contributed by atoms with E-state index >= 15 is 0 Å². The summed E-state index contributed by atoms with van der Waals surface area (Å²) in [6.45, 7) is -0.609. The normalized spacial score (nSPS) is 10.2. The fourth-order valence-corrected chi connectivity index (χ4v) is 2.35. The second kappa shape index (κ2) is 7.32. The van der Waals surface area contributed by atoms with Crippen LogP contribution in [0, 0.1) is 21.4 Å². The predicted octanol–water partition coefficient (Wildman–Crippen LogP) is 2.14. The van der Waals surface area contributed by atoms with Crippen LogP contribution in [0.15, 0.2) is 42.5 Å². The smallest absolute Gasteiger partial charge is 0.359 e. The second-order valence-electron chi connectivity index (χ2n) is 5.34. The van der Waals surface area contributed by atoms with Gasteiger partial charge < -0.3 is 10.1 Å². The Bertz CT molecular complexity index is 1100. The number of carbonyl (C=O) groups is 2. The van der Waals surface area contributed by atoms with Gasteiger partial charge in [-0.3, -0.25) is 20.0 Å². The molecule has 0 radical (unpaired) electrons. The Balaban J connectivity index is 1.66. The molecule has 1 amide bonds. The van der Waals surface area contributed by atoms with E-state index in [2.05, 4.69) is 15.5 Å². The Labute approximate surface area is 151 Å². The van der Waals surface area contributed by atoms with Crippen molar-refractivity contribution in [3.05, 3.63) is 63.8 Å². The molecule has 10 heteroatoms. The van der Waals surface area contributed by atoms with E-state index in [4.69, 9.17) is 10.00 Å². The lowest BCUT2D eigenvalue weighted by Gasteiger charge is -2.07. The standard InChI is InChI=1S/C17H11N5O5/c18-8-10-7-11(22(25)26)5-6-13(10)19-15(23)9-27-17(24)16-12-3-1-2-4-14(12)20-21-16/h1-7H,9H2,(H,19,23)(H,20,21). The highest BCUT2D eigenvalue weighted by Crippen LogP contribution is 2.21. The van der Waals surface area contributed by atoms with Crippen LogP contribution in [-0.4, -0.2) is 33.6 Å². The van der Waals surface area contributed by atoms with E-state index in [1.807, 2.05) is 0 Å². The minimum absolute atomic E-state index is 0.0476. The number of aromatic amines is 1. The van der Waals surface area contributed by atoms with Crippen molar-refractivity contribution in [3.8, 4) is 6.07 Å². The zero-order chi connectivity index (χ0) is 19.4. The Kier molecular flexibility index (Phi) is 4.76. The van der Waals surface area contributed by atoms with E-state index in [1.54, 1.807) is 30.3 Å². The van der Waals surface area contributed by atoms with Gasteiger partial charge in [-0.2, -0.15) is 10.4 Å². The molecule has 0 fully saturated rings. The summed E-state index contributed by atoms with van der Waals surface area (Å²) in [4.78, 5) is 34.2. The Hall–Kier alpha value is -4.26. The van der Waals surface area contributed by atoms with Crippen molar-refractivity contribution in [2.75, 3.05) is 11.9 Å². The molecule has 0 atom stereocenters. The van der Waals surface area contributed by atoms with Crippen LogP contribution in [0.5, 0.6) is 0 Å². The van der Waals surface area contributed by atoms with Crippen LogP contribution in [0.1, 0.15) is 16.1 Å². The lowest BCUT2D eigenvalue weighted by Crippen LogP contribution is -2.21. The molecule has 27 heavy (non-hydrogen) atoms. The monoisotopic (exact) mass is 365 g/mol. The number of nitriles is 1. The molecule has 2 N–H and O–H groups in total. The highest BCUT2D eigenvalue weighted by Gasteiger charge is 2.18. The van der Waals surface area contributed by atoms with E-state index in [0.717, 1.165) is 12.1 Å². The number of nitro benzene ring substituents is 1. The molecular formula is C17H11N5O5.